The third kappa shape index (κ3) is 8.02. The molecule has 1 aromatic carbocycles. The number of carboxylic acid groups (broad SMARTS) is 1. The summed E-state index contributed by atoms with van der Waals surface area (Å²) in [4.78, 5) is 11.4. The molecule has 0 heterocycles. The number of benzene rings is 1. The summed E-state index contributed by atoms with van der Waals surface area (Å²) in [5.74, 6) is -1.05. The number of hydrogen-bond acceptors (Lipinski definition) is 1. The average molecular weight is 302 g/mol. The minimum Gasteiger partial charge on any atom is -0.481 e. The molecule has 2 nitrogen and oxygen atoms in total. The second-order valence-electron chi connectivity index (χ2n) is 6.00. The molecule has 1 aromatic rings. The highest BCUT2D eigenvalue weighted by Crippen LogP contribution is 2.23. The van der Waals surface area contributed by atoms with Gasteiger partial charge in [0.25, 0.3) is 0 Å². The van der Waals surface area contributed by atoms with Crippen molar-refractivity contribution in [1.29, 1.82) is 0 Å². The van der Waals surface area contributed by atoms with Crippen molar-refractivity contribution in [2.24, 2.45) is 0 Å². The molecule has 1 rings (SSSR count). The summed E-state index contributed by atoms with van der Waals surface area (Å²) in [6.07, 6.45) is 13.7. The maximum atomic E-state index is 11.4. The van der Waals surface area contributed by atoms with Crippen molar-refractivity contribution in [3.05, 3.63) is 48.6 Å². The average Bonchev–Trinajstić information content (AvgIpc) is 2.53. The van der Waals surface area contributed by atoms with E-state index < -0.39 is 5.97 Å². The van der Waals surface area contributed by atoms with Crippen LogP contribution in [0.15, 0.2) is 43.0 Å². The molecular weight excluding hydrogens is 272 g/mol. The van der Waals surface area contributed by atoms with Gasteiger partial charge < -0.3 is 5.11 Å². The van der Waals surface area contributed by atoms with E-state index in [0.717, 1.165) is 31.2 Å². The summed E-state index contributed by atoms with van der Waals surface area (Å²) < 4.78 is 0. The van der Waals surface area contributed by atoms with Crippen LogP contribution in [0, 0.1) is 0 Å². The Bertz CT molecular complexity index is 411. The zero-order valence-electron chi connectivity index (χ0n) is 13.7. The number of hydrogen-bond donors (Lipinski definition) is 1. The van der Waals surface area contributed by atoms with E-state index in [1.165, 1.54) is 38.5 Å². The van der Waals surface area contributed by atoms with Crippen LogP contribution in [0.25, 0.3) is 0 Å². The number of carboxylic acids is 1. The fourth-order valence-electron chi connectivity index (χ4n) is 2.82. The number of unbranched alkanes of at least 4 members (excludes halogenated alkanes) is 8. The lowest BCUT2D eigenvalue weighted by Crippen LogP contribution is -2.11. The third-order valence-electron chi connectivity index (χ3n) is 4.15. The lowest BCUT2D eigenvalue weighted by Gasteiger charge is -2.12. The van der Waals surface area contributed by atoms with E-state index in [1.807, 2.05) is 36.4 Å². The zero-order valence-corrected chi connectivity index (χ0v) is 13.7. The Hall–Kier alpha value is -1.57. The first-order chi connectivity index (χ1) is 10.8. The van der Waals surface area contributed by atoms with Gasteiger partial charge in [0, 0.05) is 0 Å². The summed E-state index contributed by atoms with van der Waals surface area (Å²) in [5.41, 5.74) is 0.928. The molecule has 0 aromatic heterocycles. The van der Waals surface area contributed by atoms with Crippen molar-refractivity contribution in [2.75, 3.05) is 0 Å². The molecule has 0 aliphatic rings. The Balaban J connectivity index is 2.09. The Morgan fingerprint density at radius 2 is 1.50 bits per heavy atom. The van der Waals surface area contributed by atoms with Gasteiger partial charge in [-0.1, -0.05) is 81.4 Å². The standard InChI is InChI=1S/C20H30O2/c1-2-3-4-5-6-7-8-9-10-14-17-19(20(21)22)18-15-12-11-13-16-18/h2,11-13,15-16,19H,1,3-10,14,17H2,(H,21,22). The molecule has 0 radical (unpaired) electrons. The van der Waals surface area contributed by atoms with E-state index in [4.69, 9.17) is 0 Å². The minimum atomic E-state index is -0.701. The summed E-state index contributed by atoms with van der Waals surface area (Å²) >= 11 is 0. The van der Waals surface area contributed by atoms with E-state index in [9.17, 15) is 9.90 Å². The Morgan fingerprint density at radius 1 is 0.955 bits per heavy atom. The number of aliphatic carboxylic acids is 1. The van der Waals surface area contributed by atoms with E-state index in [0.29, 0.717) is 0 Å². The van der Waals surface area contributed by atoms with Crippen LogP contribution in [0.2, 0.25) is 0 Å². The molecule has 1 N–H and O–H groups in total. The molecule has 0 fully saturated rings. The van der Waals surface area contributed by atoms with Crippen LogP contribution in [0.4, 0.5) is 0 Å². The van der Waals surface area contributed by atoms with Crippen molar-refractivity contribution in [1.82, 2.24) is 0 Å². The molecule has 22 heavy (non-hydrogen) atoms. The molecule has 0 aliphatic heterocycles. The second-order valence-corrected chi connectivity index (χ2v) is 6.00. The predicted octanol–water partition coefficient (Wildman–Crippen LogP) is 5.94. The van der Waals surface area contributed by atoms with Gasteiger partial charge >= 0.3 is 5.97 Å². The third-order valence-corrected chi connectivity index (χ3v) is 4.15. The van der Waals surface area contributed by atoms with Crippen LogP contribution in [-0.2, 0) is 4.79 Å². The van der Waals surface area contributed by atoms with Crippen molar-refractivity contribution in [3.8, 4) is 0 Å². The number of allylic oxidation sites excluding steroid dienone is 1. The molecule has 0 spiro atoms. The lowest BCUT2D eigenvalue weighted by molar-refractivity contribution is -0.139. The monoisotopic (exact) mass is 302 g/mol. The summed E-state index contributed by atoms with van der Waals surface area (Å²) in [7, 11) is 0. The topological polar surface area (TPSA) is 37.3 Å². The molecular formula is C20H30O2. The fourth-order valence-corrected chi connectivity index (χ4v) is 2.82. The lowest BCUT2D eigenvalue weighted by atomic mass is 9.93. The normalized spacial score (nSPS) is 12.0. The van der Waals surface area contributed by atoms with Crippen molar-refractivity contribution >= 4 is 5.97 Å². The van der Waals surface area contributed by atoms with Gasteiger partial charge in [-0.3, -0.25) is 4.79 Å². The number of carbonyl (C=O) groups is 1. The number of rotatable bonds is 13. The predicted molar refractivity (Wildman–Crippen MR) is 93.2 cm³/mol. The molecule has 0 saturated heterocycles. The smallest absolute Gasteiger partial charge is 0.310 e. The maximum absolute atomic E-state index is 11.4. The molecule has 2 heteroatoms. The molecule has 122 valence electrons. The Labute approximate surface area is 135 Å². The van der Waals surface area contributed by atoms with Gasteiger partial charge in [0.2, 0.25) is 0 Å². The largest absolute Gasteiger partial charge is 0.481 e. The minimum absolute atomic E-state index is 0.347. The highest BCUT2D eigenvalue weighted by molar-refractivity contribution is 5.75. The molecule has 0 saturated carbocycles. The van der Waals surface area contributed by atoms with E-state index in [-0.39, 0.29) is 5.92 Å². The highest BCUT2D eigenvalue weighted by Gasteiger charge is 2.18. The van der Waals surface area contributed by atoms with Crippen molar-refractivity contribution < 1.29 is 9.90 Å². The first-order valence-corrected chi connectivity index (χ1v) is 8.64. The van der Waals surface area contributed by atoms with E-state index >= 15 is 0 Å². The SMILES string of the molecule is C=CCCCCCCCCCCC(C(=O)O)c1ccccc1. The quantitative estimate of drug-likeness (QED) is 0.361. The van der Waals surface area contributed by atoms with Gasteiger partial charge in [0.05, 0.1) is 5.92 Å². The van der Waals surface area contributed by atoms with Crippen molar-refractivity contribution in [3.63, 3.8) is 0 Å². The Kier molecular flexibility index (Phi) is 10.1. The van der Waals surface area contributed by atoms with Gasteiger partial charge in [0.15, 0.2) is 0 Å². The van der Waals surface area contributed by atoms with E-state index in [2.05, 4.69) is 6.58 Å². The van der Waals surface area contributed by atoms with Crippen LogP contribution >= 0.6 is 0 Å². The first-order valence-electron chi connectivity index (χ1n) is 8.64. The van der Waals surface area contributed by atoms with Crippen LogP contribution in [0.5, 0.6) is 0 Å². The van der Waals surface area contributed by atoms with Crippen LogP contribution in [-0.4, -0.2) is 11.1 Å². The highest BCUT2D eigenvalue weighted by atomic mass is 16.4. The van der Waals surface area contributed by atoms with Gasteiger partial charge in [0.1, 0.15) is 0 Å². The van der Waals surface area contributed by atoms with E-state index in [1.54, 1.807) is 0 Å². The first kappa shape index (κ1) is 18.5. The Morgan fingerprint density at radius 3 is 2.05 bits per heavy atom. The van der Waals surface area contributed by atoms with Crippen molar-refractivity contribution in [2.45, 2.75) is 70.1 Å². The van der Waals surface area contributed by atoms with Crippen LogP contribution < -0.4 is 0 Å². The molecule has 0 bridgehead atoms. The van der Waals surface area contributed by atoms with Crippen LogP contribution in [0.1, 0.15) is 75.7 Å². The molecule has 0 amide bonds. The van der Waals surface area contributed by atoms with Gasteiger partial charge in [-0.15, -0.1) is 6.58 Å². The summed E-state index contributed by atoms with van der Waals surface area (Å²) in [6.45, 7) is 3.73. The van der Waals surface area contributed by atoms with Gasteiger partial charge in [-0.25, -0.2) is 0 Å². The van der Waals surface area contributed by atoms with Crippen LogP contribution in [0.3, 0.4) is 0 Å². The van der Waals surface area contributed by atoms with Gasteiger partial charge in [-0.2, -0.15) is 0 Å². The second kappa shape index (κ2) is 12.0. The zero-order chi connectivity index (χ0) is 16.0. The molecule has 1 unspecified atom stereocenters. The van der Waals surface area contributed by atoms with Gasteiger partial charge in [-0.05, 0) is 24.8 Å². The fraction of sp³-hybridized carbons (Fsp3) is 0.550. The summed E-state index contributed by atoms with van der Waals surface area (Å²) in [6, 6.07) is 9.59. The molecule has 1 atom stereocenters. The molecule has 0 aliphatic carbocycles. The summed E-state index contributed by atoms with van der Waals surface area (Å²) in [5, 5.41) is 9.36. The maximum Gasteiger partial charge on any atom is 0.310 e.